The molecule has 1 unspecified atom stereocenters. The average Bonchev–Trinajstić information content (AvgIpc) is 2.25. The minimum atomic E-state index is -0.430. The lowest BCUT2D eigenvalue weighted by molar-refractivity contribution is -0.385. The van der Waals surface area contributed by atoms with Gasteiger partial charge in [-0.1, -0.05) is 13.0 Å². The number of nitrogens with two attached hydrogens (primary N) is 1. The number of rotatable bonds is 6. The number of hydrogen-bond acceptors (Lipinski definition) is 4. The zero-order valence-electron chi connectivity index (χ0n) is 10.2. The second-order valence-corrected chi connectivity index (χ2v) is 4.09. The van der Waals surface area contributed by atoms with Crippen LogP contribution in [0.5, 0.6) is 5.75 Å². The molecule has 0 amide bonds. The molecule has 17 heavy (non-hydrogen) atoms. The lowest BCUT2D eigenvalue weighted by Gasteiger charge is -2.09. The van der Waals surface area contributed by atoms with Gasteiger partial charge in [0, 0.05) is 12.1 Å². The predicted octanol–water partition coefficient (Wildman–Crippen LogP) is 2.27. The van der Waals surface area contributed by atoms with Gasteiger partial charge >= 0.3 is 5.69 Å². The Labute approximate surface area is 101 Å². The number of nitro groups is 1. The summed E-state index contributed by atoms with van der Waals surface area (Å²) < 4.78 is 5.39. The van der Waals surface area contributed by atoms with Crippen molar-refractivity contribution in [3.05, 3.63) is 33.9 Å². The molecule has 2 N–H and O–H groups in total. The molecule has 0 bridgehead atoms. The van der Waals surface area contributed by atoms with Gasteiger partial charge in [-0.25, -0.2) is 0 Å². The third kappa shape index (κ3) is 4.03. The van der Waals surface area contributed by atoms with E-state index < -0.39 is 4.92 Å². The highest BCUT2D eigenvalue weighted by Gasteiger charge is 2.15. The topological polar surface area (TPSA) is 78.4 Å². The van der Waals surface area contributed by atoms with Crippen LogP contribution in [0.1, 0.15) is 25.8 Å². The zero-order valence-corrected chi connectivity index (χ0v) is 10.2. The van der Waals surface area contributed by atoms with Gasteiger partial charge in [-0.15, -0.1) is 0 Å². The van der Waals surface area contributed by atoms with E-state index >= 15 is 0 Å². The summed E-state index contributed by atoms with van der Waals surface area (Å²) in [6.45, 7) is 4.33. The van der Waals surface area contributed by atoms with Crippen molar-refractivity contribution in [2.45, 2.75) is 32.7 Å². The number of benzene rings is 1. The van der Waals surface area contributed by atoms with E-state index in [0.717, 1.165) is 12.0 Å². The lowest BCUT2D eigenvalue weighted by Crippen LogP contribution is -2.17. The highest BCUT2D eigenvalue weighted by molar-refractivity contribution is 5.48. The average molecular weight is 238 g/mol. The Morgan fingerprint density at radius 1 is 1.53 bits per heavy atom. The van der Waals surface area contributed by atoms with Gasteiger partial charge in [0.25, 0.3) is 0 Å². The highest BCUT2D eigenvalue weighted by Crippen LogP contribution is 2.28. The molecule has 0 aromatic heterocycles. The number of nitro benzene ring substituents is 1. The van der Waals surface area contributed by atoms with Crippen molar-refractivity contribution in [1.82, 2.24) is 0 Å². The molecule has 0 fully saturated rings. The molecule has 0 aliphatic rings. The zero-order chi connectivity index (χ0) is 12.8. The first-order valence-corrected chi connectivity index (χ1v) is 5.70. The Bertz CT molecular complexity index is 391. The standard InChI is InChI=1S/C12H18N2O3/c1-3-6-17-12-8-10(7-9(2)13)4-5-11(12)14(15)16/h4-5,8-9H,3,6-7,13H2,1-2H3. The highest BCUT2D eigenvalue weighted by atomic mass is 16.6. The van der Waals surface area contributed by atoms with Crippen LogP contribution >= 0.6 is 0 Å². The van der Waals surface area contributed by atoms with E-state index in [1.165, 1.54) is 6.07 Å². The van der Waals surface area contributed by atoms with Gasteiger partial charge in [-0.2, -0.15) is 0 Å². The second-order valence-electron chi connectivity index (χ2n) is 4.09. The smallest absolute Gasteiger partial charge is 0.310 e. The Balaban J connectivity index is 2.96. The van der Waals surface area contributed by atoms with Gasteiger partial charge in [0.05, 0.1) is 11.5 Å². The van der Waals surface area contributed by atoms with E-state index in [2.05, 4.69) is 0 Å². The largest absolute Gasteiger partial charge is 0.487 e. The molecule has 94 valence electrons. The minimum Gasteiger partial charge on any atom is -0.487 e. The molecule has 0 spiro atoms. The number of hydrogen-bond donors (Lipinski definition) is 1. The van der Waals surface area contributed by atoms with Crippen LogP contribution in [-0.4, -0.2) is 17.6 Å². The van der Waals surface area contributed by atoms with E-state index in [9.17, 15) is 10.1 Å². The lowest BCUT2D eigenvalue weighted by atomic mass is 10.1. The quantitative estimate of drug-likeness (QED) is 0.609. The fraction of sp³-hybridized carbons (Fsp3) is 0.500. The van der Waals surface area contributed by atoms with Gasteiger partial charge < -0.3 is 10.5 Å². The normalized spacial score (nSPS) is 12.2. The molecular weight excluding hydrogens is 220 g/mol. The summed E-state index contributed by atoms with van der Waals surface area (Å²) in [5, 5.41) is 10.8. The van der Waals surface area contributed by atoms with Crippen LogP contribution in [0.15, 0.2) is 18.2 Å². The number of nitrogens with zero attached hydrogens (tertiary/aromatic N) is 1. The van der Waals surface area contributed by atoms with Crippen molar-refractivity contribution in [3.63, 3.8) is 0 Å². The van der Waals surface area contributed by atoms with Crippen LogP contribution in [0.3, 0.4) is 0 Å². The van der Waals surface area contributed by atoms with Crippen molar-refractivity contribution in [2.24, 2.45) is 5.73 Å². The maximum Gasteiger partial charge on any atom is 0.310 e. The van der Waals surface area contributed by atoms with Crippen molar-refractivity contribution in [1.29, 1.82) is 0 Å². The van der Waals surface area contributed by atoms with Gasteiger partial charge in [0.15, 0.2) is 5.75 Å². The molecule has 0 saturated carbocycles. The van der Waals surface area contributed by atoms with Crippen molar-refractivity contribution in [3.8, 4) is 5.75 Å². The molecule has 1 atom stereocenters. The Morgan fingerprint density at radius 2 is 2.24 bits per heavy atom. The third-order valence-corrected chi connectivity index (χ3v) is 2.24. The Morgan fingerprint density at radius 3 is 2.76 bits per heavy atom. The van der Waals surface area contributed by atoms with Crippen molar-refractivity contribution < 1.29 is 9.66 Å². The molecule has 0 aliphatic heterocycles. The number of ether oxygens (including phenoxy) is 1. The van der Waals surface area contributed by atoms with Crippen LogP contribution in [-0.2, 0) is 6.42 Å². The summed E-state index contributed by atoms with van der Waals surface area (Å²) in [4.78, 5) is 10.4. The molecule has 5 heteroatoms. The van der Waals surface area contributed by atoms with E-state index in [1.807, 2.05) is 13.8 Å². The third-order valence-electron chi connectivity index (χ3n) is 2.24. The summed E-state index contributed by atoms with van der Waals surface area (Å²) in [7, 11) is 0. The summed E-state index contributed by atoms with van der Waals surface area (Å²) >= 11 is 0. The van der Waals surface area contributed by atoms with Crippen LogP contribution in [0.25, 0.3) is 0 Å². The van der Waals surface area contributed by atoms with E-state index in [1.54, 1.807) is 12.1 Å². The molecule has 5 nitrogen and oxygen atoms in total. The van der Waals surface area contributed by atoms with Gasteiger partial charge in [-0.3, -0.25) is 10.1 Å². The first-order chi connectivity index (χ1) is 8.04. The minimum absolute atomic E-state index is 0.00637. The maximum atomic E-state index is 10.8. The maximum absolute atomic E-state index is 10.8. The van der Waals surface area contributed by atoms with Crippen LogP contribution < -0.4 is 10.5 Å². The van der Waals surface area contributed by atoms with Crippen LogP contribution in [0, 0.1) is 10.1 Å². The molecular formula is C12H18N2O3. The summed E-state index contributed by atoms with van der Waals surface area (Å²) in [6, 6.07) is 4.93. The van der Waals surface area contributed by atoms with E-state index in [-0.39, 0.29) is 11.7 Å². The first kappa shape index (κ1) is 13.4. The molecule has 1 rings (SSSR count). The molecule has 1 aromatic carbocycles. The Hall–Kier alpha value is -1.62. The molecule has 1 aromatic rings. The first-order valence-electron chi connectivity index (χ1n) is 5.70. The van der Waals surface area contributed by atoms with E-state index in [4.69, 9.17) is 10.5 Å². The molecule has 0 radical (unpaired) electrons. The van der Waals surface area contributed by atoms with Gasteiger partial charge in [0.2, 0.25) is 0 Å². The van der Waals surface area contributed by atoms with Crippen molar-refractivity contribution in [2.75, 3.05) is 6.61 Å². The molecule has 0 heterocycles. The van der Waals surface area contributed by atoms with Crippen LogP contribution in [0.2, 0.25) is 0 Å². The van der Waals surface area contributed by atoms with Gasteiger partial charge in [-0.05, 0) is 31.4 Å². The van der Waals surface area contributed by atoms with E-state index in [0.29, 0.717) is 18.8 Å². The molecule has 0 aliphatic carbocycles. The fourth-order valence-electron chi connectivity index (χ4n) is 1.54. The van der Waals surface area contributed by atoms with Gasteiger partial charge in [0.1, 0.15) is 0 Å². The summed E-state index contributed by atoms with van der Waals surface area (Å²) in [5.41, 5.74) is 6.66. The SMILES string of the molecule is CCCOc1cc(CC(C)N)ccc1[N+](=O)[O-]. The molecule has 0 saturated heterocycles. The monoisotopic (exact) mass is 238 g/mol. The predicted molar refractivity (Wildman–Crippen MR) is 66.2 cm³/mol. The second kappa shape index (κ2) is 6.20. The summed E-state index contributed by atoms with van der Waals surface area (Å²) in [5.74, 6) is 0.329. The fourth-order valence-corrected chi connectivity index (χ4v) is 1.54. The van der Waals surface area contributed by atoms with Crippen molar-refractivity contribution >= 4 is 5.69 Å². The Kier molecular flexibility index (Phi) is 4.90. The summed E-state index contributed by atoms with van der Waals surface area (Å²) in [6.07, 6.45) is 1.50. The van der Waals surface area contributed by atoms with Crippen LogP contribution in [0.4, 0.5) is 5.69 Å².